The van der Waals surface area contributed by atoms with Gasteiger partial charge in [-0.25, -0.2) is 13.1 Å². The molecule has 130 valence electrons. The van der Waals surface area contributed by atoms with Crippen LogP contribution in [0.25, 0.3) is 0 Å². The topological polar surface area (TPSA) is 79.6 Å². The molecular weight excluding hydrogens is 316 g/mol. The Morgan fingerprint density at radius 2 is 2.04 bits per heavy atom. The number of fused-ring (bicyclic) bond motifs is 1. The Balaban J connectivity index is 2.30. The van der Waals surface area contributed by atoms with Crippen LogP contribution in [0.1, 0.15) is 50.3 Å². The minimum atomic E-state index is -3.77. The van der Waals surface area contributed by atoms with Crippen molar-refractivity contribution in [2.75, 3.05) is 14.1 Å². The van der Waals surface area contributed by atoms with Crippen LogP contribution in [0, 0.1) is 12.3 Å². The minimum Gasteiger partial charge on any atom is -0.466 e. The third-order valence-electron chi connectivity index (χ3n) is 4.30. The average Bonchev–Trinajstić information content (AvgIpc) is 2.75. The molecule has 2 atom stereocenters. The number of hydrogen-bond donors (Lipinski definition) is 1. The van der Waals surface area contributed by atoms with Gasteiger partial charge in [-0.15, -0.1) is 0 Å². The maximum atomic E-state index is 12.6. The molecule has 1 heterocycles. The summed E-state index contributed by atoms with van der Waals surface area (Å²) in [5.74, 6) is 1.17. The van der Waals surface area contributed by atoms with Gasteiger partial charge < -0.3 is 9.32 Å². The van der Waals surface area contributed by atoms with Gasteiger partial charge in [0.15, 0.2) is 5.25 Å². The fraction of sp³-hybridized carbons (Fsp3) is 0.688. The van der Waals surface area contributed by atoms with Crippen molar-refractivity contribution in [3.05, 3.63) is 23.2 Å². The molecule has 2 rings (SSSR count). The Labute approximate surface area is 138 Å². The normalized spacial score (nSPS) is 21.6. The number of hydrogen-bond acceptors (Lipinski definition) is 4. The Hall–Kier alpha value is -1.34. The van der Waals surface area contributed by atoms with Gasteiger partial charge in [0.05, 0.1) is 6.04 Å². The fourth-order valence-electron chi connectivity index (χ4n) is 3.09. The maximum absolute atomic E-state index is 12.6. The van der Waals surface area contributed by atoms with Crippen molar-refractivity contribution in [2.24, 2.45) is 5.41 Å². The molecule has 1 aromatic rings. The van der Waals surface area contributed by atoms with Crippen molar-refractivity contribution in [3.63, 3.8) is 0 Å². The SMILES string of the molecule is Cc1cc2c(o1)CC(C)(C)CC2NS(=O)(=O)C(C)C(=O)N(C)C. The van der Waals surface area contributed by atoms with Crippen molar-refractivity contribution in [3.8, 4) is 0 Å². The van der Waals surface area contributed by atoms with Crippen LogP contribution in [0.3, 0.4) is 0 Å². The molecule has 1 N–H and O–H groups in total. The van der Waals surface area contributed by atoms with E-state index >= 15 is 0 Å². The van der Waals surface area contributed by atoms with Crippen molar-refractivity contribution in [1.82, 2.24) is 9.62 Å². The Bertz CT molecular complexity index is 704. The molecule has 0 bridgehead atoms. The van der Waals surface area contributed by atoms with E-state index in [0.29, 0.717) is 6.42 Å². The number of nitrogens with one attached hydrogen (secondary N) is 1. The number of amides is 1. The van der Waals surface area contributed by atoms with Crippen LogP contribution in [-0.4, -0.2) is 38.6 Å². The van der Waals surface area contributed by atoms with E-state index in [2.05, 4.69) is 18.6 Å². The van der Waals surface area contributed by atoms with E-state index in [-0.39, 0.29) is 11.5 Å². The van der Waals surface area contributed by atoms with Crippen LogP contribution in [-0.2, 0) is 21.2 Å². The largest absolute Gasteiger partial charge is 0.466 e. The lowest BCUT2D eigenvalue weighted by Crippen LogP contribution is -2.45. The number of carbonyl (C=O) groups is 1. The van der Waals surface area contributed by atoms with Gasteiger partial charge in [-0.3, -0.25) is 4.79 Å². The van der Waals surface area contributed by atoms with Gasteiger partial charge in [0.2, 0.25) is 15.9 Å². The van der Waals surface area contributed by atoms with Crippen molar-refractivity contribution in [2.45, 2.75) is 51.8 Å². The van der Waals surface area contributed by atoms with Gasteiger partial charge in [0.1, 0.15) is 11.5 Å². The monoisotopic (exact) mass is 342 g/mol. The summed E-state index contributed by atoms with van der Waals surface area (Å²) >= 11 is 0. The van der Waals surface area contributed by atoms with Gasteiger partial charge in [0, 0.05) is 26.1 Å². The summed E-state index contributed by atoms with van der Waals surface area (Å²) < 4.78 is 33.6. The molecule has 0 spiro atoms. The zero-order valence-electron chi connectivity index (χ0n) is 14.6. The summed E-state index contributed by atoms with van der Waals surface area (Å²) in [6.45, 7) is 7.45. The number of nitrogens with zero attached hydrogens (tertiary/aromatic N) is 1. The Morgan fingerprint density at radius 3 is 2.61 bits per heavy atom. The molecule has 23 heavy (non-hydrogen) atoms. The van der Waals surface area contributed by atoms with Crippen LogP contribution in [0.5, 0.6) is 0 Å². The van der Waals surface area contributed by atoms with Crippen LogP contribution in [0.2, 0.25) is 0 Å². The summed E-state index contributed by atoms with van der Waals surface area (Å²) in [5, 5.41) is -1.13. The van der Waals surface area contributed by atoms with Gasteiger partial charge in [-0.1, -0.05) is 13.8 Å². The number of carbonyl (C=O) groups excluding carboxylic acids is 1. The van der Waals surface area contributed by atoms with E-state index in [9.17, 15) is 13.2 Å². The summed E-state index contributed by atoms with van der Waals surface area (Å²) in [7, 11) is -0.668. The molecule has 0 fully saturated rings. The van der Waals surface area contributed by atoms with Crippen molar-refractivity contribution >= 4 is 15.9 Å². The molecule has 1 aliphatic rings. The lowest BCUT2D eigenvalue weighted by molar-refractivity contribution is -0.127. The van der Waals surface area contributed by atoms with E-state index in [1.807, 2.05) is 13.0 Å². The fourth-order valence-corrected chi connectivity index (χ4v) is 4.37. The predicted octanol–water partition coefficient (Wildman–Crippen LogP) is 2.00. The minimum absolute atomic E-state index is 0.0702. The first-order valence-electron chi connectivity index (χ1n) is 7.74. The number of furan rings is 1. The molecule has 2 unspecified atom stereocenters. The summed E-state index contributed by atoms with van der Waals surface area (Å²) in [6.07, 6.45) is 1.45. The standard InChI is InChI=1S/C16H26N2O4S/c1-10-7-12-13(8-16(3,4)9-14(12)22-10)17-23(20,21)11(2)15(19)18(5)6/h7,11,13,17H,8-9H2,1-6H3. The highest BCUT2D eigenvalue weighted by atomic mass is 32.2. The Kier molecular flexibility index (Phi) is 4.65. The summed E-state index contributed by atoms with van der Waals surface area (Å²) in [5.41, 5.74) is 0.814. The lowest BCUT2D eigenvalue weighted by atomic mass is 9.75. The number of aryl methyl sites for hydroxylation is 1. The second-order valence-corrected chi connectivity index (χ2v) is 9.40. The van der Waals surface area contributed by atoms with Crippen LogP contribution < -0.4 is 4.72 Å². The highest BCUT2D eigenvalue weighted by Crippen LogP contribution is 2.42. The van der Waals surface area contributed by atoms with E-state index in [4.69, 9.17) is 4.42 Å². The third-order valence-corrected chi connectivity index (χ3v) is 6.04. The highest BCUT2D eigenvalue weighted by Gasteiger charge is 2.39. The second kappa shape index (κ2) is 5.94. The molecule has 0 radical (unpaired) electrons. The first-order chi connectivity index (χ1) is 10.4. The summed E-state index contributed by atoms with van der Waals surface area (Å²) in [4.78, 5) is 13.3. The quantitative estimate of drug-likeness (QED) is 0.907. The predicted molar refractivity (Wildman–Crippen MR) is 88.5 cm³/mol. The van der Waals surface area contributed by atoms with Crippen LogP contribution >= 0.6 is 0 Å². The molecule has 6 nitrogen and oxygen atoms in total. The molecule has 0 aliphatic heterocycles. The molecule has 0 aromatic carbocycles. The van der Waals surface area contributed by atoms with Crippen LogP contribution in [0.4, 0.5) is 0 Å². The lowest BCUT2D eigenvalue weighted by Gasteiger charge is -2.35. The van der Waals surface area contributed by atoms with E-state index in [1.54, 1.807) is 14.1 Å². The first kappa shape index (κ1) is 18.0. The first-order valence-corrected chi connectivity index (χ1v) is 9.29. The van der Waals surface area contributed by atoms with Crippen molar-refractivity contribution < 1.29 is 17.6 Å². The molecular formula is C16H26N2O4S. The molecule has 1 aromatic heterocycles. The number of rotatable bonds is 4. The third kappa shape index (κ3) is 3.77. The van der Waals surface area contributed by atoms with E-state index in [1.165, 1.54) is 11.8 Å². The van der Waals surface area contributed by atoms with Gasteiger partial charge in [-0.2, -0.15) is 0 Å². The van der Waals surface area contributed by atoms with E-state index < -0.39 is 21.2 Å². The van der Waals surface area contributed by atoms with Crippen LogP contribution in [0.15, 0.2) is 10.5 Å². The molecule has 1 aliphatic carbocycles. The molecule has 1 amide bonds. The van der Waals surface area contributed by atoms with Crippen molar-refractivity contribution in [1.29, 1.82) is 0 Å². The molecule has 0 saturated carbocycles. The van der Waals surface area contributed by atoms with Gasteiger partial charge in [0.25, 0.3) is 0 Å². The molecule has 0 saturated heterocycles. The Morgan fingerprint density at radius 1 is 1.43 bits per heavy atom. The zero-order valence-corrected chi connectivity index (χ0v) is 15.5. The number of sulfonamides is 1. The average molecular weight is 342 g/mol. The van der Waals surface area contributed by atoms with E-state index in [0.717, 1.165) is 23.5 Å². The summed E-state index contributed by atoms with van der Waals surface area (Å²) in [6, 6.07) is 1.52. The second-order valence-electron chi connectivity index (χ2n) is 7.37. The maximum Gasteiger partial charge on any atom is 0.241 e. The van der Waals surface area contributed by atoms with Gasteiger partial charge >= 0.3 is 0 Å². The smallest absolute Gasteiger partial charge is 0.241 e. The van der Waals surface area contributed by atoms with Gasteiger partial charge in [-0.05, 0) is 31.7 Å². The molecule has 7 heteroatoms. The highest BCUT2D eigenvalue weighted by molar-refractivity contribution is 7.90. The zero-order chi connectivity index (χ0) is 17.6.